The van der Waals surface area contributed by atoms with Gasteiger partial charge in [-0.1, -0.05) is 36.4 Å². The number of aromatic nitrogens is 4. The summed E-state index contributed by atoms with van der Waals surface area (Å²) in [4.78, 5) is 7.07. The van der Waals surface area contributed by atoms with Gasteiger partial charge in [0.05, 0.1) is 12.2 Å². The molecule has 0 amide bonds. The fraction of sp³-hybridized carbons (Fsp3) is 0.115. The molecule has 4 heterocycles. The monoisotopic (exact) mass is 461 g/mol. The van der Waals surface area contributed by atoms with Gasteiger partial charge in [0.15, 0.2) is 5.69 Å². The molecule has 2 aliphatic heterocycles. The molecule has 9 heteroatoms. The van der Waals surface area contributed by atoms with Crippen molar-refractivity contribution in [3.8, 4) is 5.82 Å². The van der Waals surface area contributed by atoms with Crippen molar-refractivity contribution in [3.63, 3.8) is 0 Å². The average Bonchev–Trinajstić information content (AvgIpc) is 3.61. The predicted octanol–water partition coefficient (Wildman–Crippen LogP) is 2.50. The Kier molecular flexibility index (Phi) is 5.11. The van der Waals surface area contributed by atoms with Crippen molar-refractivity contribution < 1.29 is 9.79 Å². The van der Waals surface area contributed by atoms with Crippen LogP contribution in [0.2, 0.25) is 0 Å². The molecule has 0 aliphatic carbocycles. The summed E-state index contributed by atoms with van der Waals surface area (Å²) in [5.41, 5.74) is 13.9. The molecule has 2 aromatic carbocycles. The van der Waals surface area contributed by atoms with E-state index in [4.69, 9.17) is 10.7 Å². The minimum Gasteiger partial charge on any atom is -0.399 e. The zero-order chi connectivity index (χ0) is 23.9. The number of hydrogen-bond acceptors (Lipinski definition) is 4. The van der Waals surface area contributed by atoms with Crippen LogP contribution in [0.15, 0.2) is 89.7 Å². The first-order valence-corrected chi connectivity index (χ1v) is 11.4. The van der Waals surface area contributed by atoms with Gasteiger partial charge >= 0.3 is 7.55 Å². The summed E-state index contributed by atoms with van der Waals surface area (Å²) in [5, 5.41) is 16.6. The van der Waals surface area contributed by atoms with Gasteiger partial charge < -0.3 is 15.7 Å². The average molecular weight is 461 g/mol. The van der Waals surface area contributed by atoms with E-state index in [9.17, 15) is 5.11 Å². The summed E-state index contributed by atoms with van der Waals surface area (Å²) in [6.07, 6.45) is 5.96. The zero-order valence-electron chi connectivity index (χ0n) is 19.3. The molecule has 0 fully saturated rings. The zero-order valence-corrected chi connectivity index (χ0v) is 19.3. The van der Waals surface area contributed by atoms with Crippen LogP contribution in [0.5, 0.6) is 0 Å². The van der Waals surface area contributed by atoms with Crippen LogP contribution in [-0.4, -0.2) is 38.1 Å². The number of aliphatic hydroxyl groups excluding tert-OH is 1. The van der Waals surface area contributed by atoms with E-state index >= 15 is 0 Å². The molecule has 4 N–H and O–H groups in total. The second kappa shape index (κ2) is 8.45. The number of hydrogen-bond donors (Lipinski definition) is 3. The summed E-state index contributed by atoms with van der Waals surface area (Å²) >= 11 is 0. The number of nitrogens with zero attached hydrogens (tertiary/aromatic N) is 5. The first-order valence-electron chi connectivity index (χ1n) is 11.4. The fourth-order valence-corrected chi connectivity index (χ4v) is 4.51. The maximum Gasteiger partial charge on any atom is 0.503 e. The third-order valence-corrected chi connectivity index (χ3v) is 6.40. The van der Waals surface area contributed by atoms with E-state index in [1.54, 1.807) is 10.9 Å². The summed E-state index contributed by atoms with van der Waals surface area (Å²) in [6.45, 7) is 2.58. The van der Waals surface area contributed by atoms with Crippen molar-refractivity contribution >= 4 is 24.6 Å². The molecule has 35 heavy (non-hydrogen) atoms. The Labute approximate surface area is 203 Å². The van der Waals surface area contributed by atoms with E-state index in [0.717, 1.165) is 39.9 Å². The molecule has 0 atom stereocenters. The first kappa shape index (κ1) is 21.2. The van der Waals surface area contributed by atoms with Crippen molar-refractivity contribution in [1.82, 2.24) is 19.6 Å². The lowest BCUT2D eigenvalue weighted by atomic mass is 9.92. The molecular formula is C26H24BN7O+. The third kappa shape index (κ3) is 3.66. The number of aliphatic hydroxyl groups is 1. The Morgan fingerprint density at radius 2 is 1.91 bits per heavy atom. The fourth-order valence-electron chi connectivity index (χ4n) is 4.51. The topological polar surface area (TPSA) is 99.3 Å². The number of allylic oxidation sites excluding steroid dienone is 1. The van der Waals surface area contributed by atoms with Crippen LogP contribution in [0.3, 0.4) is 0 Å². The number of nitrogen functional groups attached to an aromatic ring is 1. The van der Waals surface area contributed by atoms with Gasteiger partial charge in [0.25, 0.3) is 0 Å². The number of rotatable bonds is 5. The summed E-state index contributed by atoms with van der Waals surface area (Å²) < 4.78 is 3.90. The van der Waals surface area contributed by atoms with Crippen LogP contribution < -0.4 is 10.4 Å². The van der Waals surface area contributed by atoms with Gasteiger partial charge in [-0.15, -0.1) is 9.90 Å². The number of aliphatic imine (C=N–C) groups is 1. The lowest BCUT2D eigenvalue weighted by Gasteiger charge is -2.28. The summed E-state index contributed by atoms with van der Waals surface area (Å²) in [6, 6.07) is 20.4. The predicted molar refractivity (Wildman–Crippen MR) is 135 cm³/mol. The maximum atomic E-state index is 9.47. The first-order chi connectivity index (χ1) is 17.1. The maximum absolute atomic E-state index is 9.47. The van der Waals surface area contributed by atoms with Crippen LogP contribution in [-0.2, 0) is 13.2 Å². The smallest absolute Gasteiger partial charge is 0.399 e. The molecule has 0 unspecified atom stereocenters. The van der Waals surface area contributed by atoms with E-state index in [-0.39, 0.29) is 6.61 Å². The van der Waals surface area contributed by atoms with Crippen LogP contribution in [0.1, 0.15) is 28.1 Å². The SMILES string of the molecule is Cc1ccccc1CN=C1C=CC2=C(c3ccc(N)cc3)c3ccc(-[n+]4cc(CO)n[nH]4)n3[B]N12. The van der Waals surface area contributed by atoms with Crippen molar-refractivity contribution in [2.24, 2.45) is 4.99 Å². The highest BCUT2D eigenvalue weighted by atomic mass is 16.3. The number of fused-ring (bicyclic) bond motifs is 2. The van der Waals surface area contributed by atoms with Gasteiger partial charge in [0.2, 0.25) is 5.82 Å². The van der Waals surface area contributed by atoms with E-state index in [2.05, 4.69) is 56.9 Å². The van der Waals surface area contributed by atoms with Crippen molar-refractivity contribution in [2.75, 3.05) is 5.73 Å². The molecule has 2 aliphatic rings. The number of nitrogens with two attached hydrogens (primary N) is 1. The van der Waals surface area contributed by atoms with Gasteiger partial charge in [-0.3, -0.25) is 9.47 Å². The molecule has 4 aromatic rings. The van der Waals surface area contributed by atoms with E-state index in [0.29, 0.717) is 12.2 Å². The van der Waals surface area contributed by atoms with Gasteiger partial charge in [-0.05, 0) is 59.1 Å². The van der Waals surface area contributed by atoms with Gasteiger partial charge in [0.1, 0.15) is 18.6 Å². The van der Waals surface area contributed by atoms with E-state index in [1.165, 1.54) is 11.1 Å². The highest BCUT2D eigenvalue weighted by Crippen LogP contribution is 2.36. The number of anilines is 1. The van der Waals surface area contributed by atoms with Gasteiger partial charge in [0, 0.05) is 23.0 Å². The lowest BCUT2D eigenvalue weighted by Crippen LogP contribution is -2.43. The minimum atomic E-state index is -0.132. The molecule has 2 aromatic heterocycles. The quantitative estimate of drug-likeness (QED) is 0.242. The van der Waals surface area contributed by atoms with E-state index in [1.807, 2.05) is 50.0 Å². The number of aromatic amines is 1. The molecule has 0 saturated heterocycles. The molecule has 0 saturated carbocycles. The minimum absolute atomic E-state index is 0.132. The highest BCUT2D eigenvalue weighted by molar-refractivity contribution is 6.41. The second-order valence-corrected chi connectivity index (χ2v) is 8.61. The second-order valence-electron chi connectivity index (χ2n) is 8.61. The molecular weight excluding hydrogens is 437 g/mol. The van der Waals surface area contributed by atoms with E-state index < -0.39 is 0 Å². The highest BCUT2D eigenvalue weighted by Gasteiger charge is 2.36. The molecule has 6 rings (SSSR count). The van der Waals surface area contributed by atoms with Crippen LogP contribution in [0, 0.1) is 6.92 Å². The Balaban J connectivity index is 1.46. The van der Waals surface area contributed by atoms with Gasteiger partial charge in [-0.25, -0.2) is 0 Å². The number of nitrogens with one attached hydrogen (secondary N) is 1. The van der Waals surface area contributed by atoms with Crippen molar-refractivity contribution in [3.05, 3.63) is 113 Å². The van der Waals surface area contributed by atoms with Crippen molar-refractivity contribution in [2.45, 2.75) is 20.1 Å². The number of amidine groups is 1. The number of H-pyrrole nitrogens is 1. The molecule has 171 valence electrons. The largest absolute Gasteiger partial charge is 0.503 e. The summed E-state index contributed by atoms with van der Waals surface area (Å²) in [7, 11) is 2.05. The van der Waals surface area contributed by atoms with Crippen molar-refractivity contribution in [1.29, 1.82) is 0 Å². The third-order valence-electron chi connectivity index (χ3n) is 6.40. The van der Waals surface area contributed by atoms with Crippen LogP contribution in [0.25, 0.3) is 11.4 Å². The molecule has 0 bridgehead atoms. The lowest BCUT2D eigenvalue weighted by molar-refractivity contribution is -0.663. The Bertz CT molecular complexity index is 1510. The normalized spacial score (nSPS) is 15.5. The Hall–Kier alpha value is -4.37. The Morgan fingerprint density at radius 1 is 1.09 bits per heavy atom. The van der Waals surface area contributed by atoms with Gasteiger partial charge in [-0.2, -0.15) is 0 Å². The molecule has 8 nitrogen and oxygen atoms in total. The number of benzene rings is 2. The summed E-state index contributed by atoms with van der Waals surface area (Å²) in [5.74, 6) is 1.73. The molecule has 0 spiro atoms. The standard InChI is InChI=1S/C26H23BN7O/c1-17-4-2-3-5-19(17)14-29-24-12-10-22-26(18-6-8-20(28)9-7-18)23-11-13-25(34(23)27-33(22)24)32-15-21(16-35)30-31-32/h2-13,15,35H,14,16H2,1H3,(H2,28,29)/p+1. The molecule has 1 radical (unpaired) electrons. The van der Waals surface area contributed by atoms with Crippen LogP contribution >= 0.6 is 0 Å². The Morgan fingerprint density at radius 3 is 2.69 bits per heavy atom. The van der Waals surface area contributed by atoms with Crippen LogP contribution in [0.4, 0.5) is 5.69 Å². The number of aryl methyl sites for hydroxylation is 1.